The lowest BCUT2D eigenvalue weighted by molar-refractivity contribution is 0.00652. The van der Waals surface area contributed by atoms with E-state index in [4.69, 9.17) is 4.74 Å². The number of thiophene rings is 1. The highest BCUT2D eigenvalue weighted by Crippen LogP contribution is 2.35. The number of phenols is 1. The summed E-state index contributed by atoms with van der Waals surface area (Å²) in [4.78, 5) is 2.33. The van der Waals surface area contributed by atoms with Gasteiger partial charge in [-0.25, -0.2) is 4.39 Å². The molecule has 30 heavy (non-hydrogen) atoms. The molecule has 0 aliphatic carbocycles. The number of aromatic hydroxyl groups is 1. The lowest BCUT2D eigenvalue weighted by Gasteiger charge is -2.42. The molecule has 4 heterocycles. The molecule has 2 aliphatic rings. The Balaban J connectivity index is 1.31. The zero-order valence-corrected chi connectivity index (χ0v) is 17.5. The Hall–Kier alpha value is -2.51. The predicted octanol–water partition coefficient (Wildman–Crippen LogP) is 4.89. The fraction of sp³-hybridized carbons (Fsp3) is 0.391. The van der Waals surface area contributed by atoms with E-state index in [9.17, 15) is 9.50 Å². The third kappa shape index (κ3) is 3.79. The minimum atomic E-state index is -1.04. The number of hydrogen-bond acceptors (Lipinski definition) is 6. The van der Waals surface area contributed by atoms with Gasteiger partial charge in [0.1, 0.15) is 11.9 Å². The van der Waals surface area contributed by atoms with Crippen molar-refractivity contribution in [2.24, 2.45) is 0 Å². The molecule has 0 saturated carbocycles. The molecule has 2 aromatic heterocycles. The normalized spacial score (nSPS) is 25.8. The SMILES string of the molecule is Cc1ccc(-c2ccc(-c3ccc(O[C@H]4C[C@@H]5CCC[C@@H](N5)[C@H]4F)nn3)c(O)c2)s1. The fourth-order valence-corrected chi connectivity index (χ4v) is 5.31. The second-order valence-electron chi connectivity index (χ2n) is 8.14. The highest BCUT2D eigenvalue weighted by atomic mass is 32.1. The van der Waals surface area contributed by atoms with Gasteiger partial charge in [-0.2, -0.15) is 0 Å². The van der Waals surface area contributed by atoms with Gasteiger partial charge in [-0.1, -0.05) is 12.5 Å². The van der Waals surface area contributed by atoms with Gasteiger partial charge in [0.2, 0.25) is 5.88 Å². The standard InChI is InChI=1S/C23H24FN3O2S/c1-13-5-9-21(30-13)14-6-7-16(19(28)11-14)17-8-10-22(27-26-17)29-20-12-15-3-2-4-18(25-15)23(20)24/h5-11,15,18,20,23,25,28H,2-4,12H2,1H3/t15-,18+,20-,23+/m0/s1. The molecule has 0 spiro atoms. The Morgan fingerprint density at radius 1 is 1.13 bits per heavy atom. The Bertz CT molecular complexity index is 1040. The van der Waals surface area contributed by atoms with E-state index in [1.807, 2.05) is 18.2 Å². The minimum Gasteiger partial charge on any atom is -0.507 e. The average Bonchev–Trinajstić information content (AvgIpc) is 3.19. The summed E-state index contributed by atoms with van der Waals surface area (Å²) in [5.74, 6) is 0.466. The summed E-state index contributed by atoms with van der Waals surface area (Å²) in [6.07, 6.45) is 2.09. The van der Waals surface area contributed by atoms with E-state index in [-0.39, 0.29) is 11.8 Å². The number of aromatic nitrogens is 2. The predicted molar refractivity (Wildman–Crippen MR) is 116 cm³/mol. The highest BCUT2D eigenvalue weighted by Gasteiger charge is 2.41. The molecule has 2 N–H and O–H groups in total. The van der Waals surface area contributed by atoms with Crippen LogP contribution in [0.15, 0.2) is 42.5 Å². The maximum absolute atomic E-state index is 14.7. The van der Waals surface area contributed by atoms with Crippen molar-refractivity contribution in [3.63, 3.8) is 0 Å². The van der Waals surface area contributed by atoms with Gasteiger partial charge in [0.25, 0.3) is 0 Å². The van der Waals surface area contributed by atoms with E-state index < -0.39 is 12.3 Å². The van der Waals surface area contributed by atoms with E-state index in [1.165, 1.54) is 4.88 Å². The molecule has 2 saturated heterocycles. The number of benzene rings is 1. The third-order valence-corrected chi connectivity index (χ3v) is 7.03. The smallest absolute Gasteiger partial charge is 0.233 e. The van der Waals surface area contributed by atoms with Crippen molar-refractivity contribution in [3.05, 3.63) is 47.3 Å². The number of nitrogens with zero attached hydrogens (tertiary/aromatic N) is 2. The van der Waals surface area contributed by atoms with Gasteiger partial charge in [-0.15, -0.1) is 21.5 Å². The molecule has 0 amide bonds. The van der Waals surface area contributed by atoms with Gasteiger partial charge in [0, 0.05) is 39.9 Å². The van der Waals surface area contributed by atoms with Crippen LogP contribution in [0.2, 0.25) is 0 Å². The van der Waals surface area contributed by atoms with Crippen LogP contribution in [0.1, 0.15) is 30.6 Å². The van der Waals surface area contributed by atoms with Gasteiger partial charge in [-0.3, -0.25) is 0 Å². The first-order valence-corrected chi connectivity index (χ1v) is 11.2. The number of hydrogen-bond donors (Lipinski definition) is 2. The van der Waals surface area contributed by atoms with Crippen LogP contribution in [0.5, 0.6) is 11.6 Å². The van der Waals surface area contributed by atoms with Crippen molar-refractivity contribution in [2.45, 2.75) is 57.0 Å². The van der Waals surface area contributed by atoms with Gasteiger partial charge in [0.05, 0.1) is 5.69 Å². The molecular weight excluding hydrogens is 401 g/mol. The van der Waals surface area contributed by atoms with Crippen molar-refractivity contribution >= 4 is 11.3 Å². The number of nitrogens with one attached hydrogen (secondary N) is 1. The lowest BCUT2D eigenvalue weighted by Crippen LogP contribution is -2.59. The average molecular weight is 426 g/mol. The largest absolute Gasteiger partial charge is 0.507 e. The van der Waals surface area contributed by atoms with Crippen LogP contribution in [-0.4, -0.2) is 39.7 Å². The molecule has 4 atom stereocenters. The Morgan fingerprint density at radius 2 is 2.03 bits per heavy atom. The lowest BCUT2D eigenvalue weighted by atomic mass is 9.84. The van der Waals surface area contributed by atoms with Crippen LogP contribution in [0.3, 0.4) is 0 Å². The van der Waals surface area contributed by atoms with Crippen molar-refractivity contribution in [1.29, 1.82) is 0 Å². The molecule has 2 fully saturated rings. The van der Waals surface area contributed by atoms with Gasteiger partial charge in [-0.05, 0) is 55.7 Å². The van der Waals surface area contributed by atoms with Gasteiger partial charge >= 0.3 is 0 Å². The molecule has 7 heteroatoms. The van der Waals surface area contributed by atoms with Crippen LogP contribution in [-0.2, 0) is 0 Å². The first-order valence-electron chi connectivity index (χ1n) is 10.4. The number of alkyl halides is 1. The van der Waals surface area contributed by atoms with E-state index in [0.717, 1.165) is 29.7 Å². The number of piperidine rings is 2. The number of rotatable bonds is 4. The molecule has 5 rings (SSSR count). The minimum absolute atomic E-state index is 0.127. The second-order valence-corrected chi connectivity index (χ2v) is 9.42. The Morgan fingerprint density at radius 3 is 2.77 bits per heavy atom. The number of fused-ring (bicyclic) bond motifs is 2. The monoisotopic (exact) mass is 425 g/mol. The quantitative estimate of drug-likeness (QED) is 0.623. The summed E-state index contributed by atoms with van der Waals surface area (Å²) >= 11 is 1.69. The molecule has 3 aromatic rings. The zero-order valence-electron chi connectivity index (χ0n) is 16.7. The molecule has 1 aromatic carbocycles. The van der Waals surface area contributed by atoms with Crippen molar-refractivity contribution < 1.29 is 14.2 Å². The summed E-state index contributed by atoms with van der Waals surface area (Å²) in [6.45, 7) is 2.06. The van der Waals surface area contributed by atoms with E-state index in [2.05, 4.69) is 28.5 Å². The van der Waals surface area contributed by atoms with Crippen LogP contribution >= 0.6 is 11.3 Å². The molecule has 0 unspecified atom stereocenters. The number of halogens is 1. The summed E-state index contributed by atoms with van der Waals surface area (Å²) in [6, 6.07) is 13.3. The van der Waals surface area contributed by atoms with Gasteiger partial charge < -0.3 is 15.2 Å². The fourth-order valence-electron chi connectivity index (χ4n) is 4.45. The molecular formula is C23H24FN3O2S. The first-order chi connectivity index (χ1) is 14.6. The number of aryl methyl sites for hydroxylation is 1. The number of phenolic OH excluding ortho intramolecular Hbond substituents is 1. The topological polar surface area (TPSA) is 67.3 Å². The molecule has 156 valence electrons. The van der Waals surface area contributed by atoms with Crippen LogP contribution in [0.4, 0.5) is 4.39 Å². The van der Waals surface area contributed by atoms with Crippen molar-refractivity contribution in [2.75, 3.05) is 0 Å². The van der Waals surface area contributed by atoms with E-state index in [0.29, 0.717) is 29.6 Å². The maximum atomic E-state index is 14.7. The van der Waals surface area contributed by atoms with Crippen LogP contribution in [0, 0.1) is 6.92 Å². The molecule has 2 bridgehead atoms. The van der Waals surface area contributed by atoms with Crippen molar-refractivity contribution in [3.8, 4) is 33.3 Å². The molecule has 5 nitrogen and oxygen atoms in total. The summed E-state index contributed by atoms with van der Waals surface area (Å²) < 4.78 is 20.6. The first kappa shape index (κ1) is 19.5. The van der Waals surface area contributed by atoms with Crippen LogP contribution in [0.25, 0.3) is 21.7 Å². The molecule has 0 radical (unpaired) electrons. The summed E-state index contributed by atoms with van der Waals surface area (Å²) in [7, 11) is 0. The van der Waals surface area contributed by atoms with Gasteiger partial charge in [0.15, 0.2) is 6.17 Å². The second kappa shape index (κ2) is 7.96. The Kier molecular flexibility index (Phi) is 5.16. The summed E-state index contributed by atoms with van der Waals surface area (Å²) in [5, 5.41) is 22.2. The zero-order chi connectivity index (χ0) is 20.7. The Labute approximate surface area is 178 Å². The van der Waals surface area contributed by atoms with Crippen molar-refractivity contribution in [1.82, 2.24) is 15.5 Å². The molecule has 2 aliphatic heterocycles. The van der Waals surface area contributed by atoms with Crippen LogP contribution < -0.4 is 10.1 Å². The van der Waals surface area contributed by atoms with E-state index >= 15 is 0 Å². The maximum Gasteiger partial charge on any atom is 0.233 e. The number of ether oxygens (including phenoxy) is 1. The van der Waals surface area contributed by atoms with E-state index in [1.54, 1.807) is 29.5 Å². The third-order valence-electron chi connectivity index (χ3n) is 5.98. The summed E-state index contributed by atoms with van der Waals surface area (Å²) in [5.41, 5.74) is 2.12. The highest BCUT2D eigenvalue weighted by molar-refractivity contribution is 7.15.